The quantitative estimate of drug-likeness (QED) is 0.684. The van der Waals surface area contributed by atoms with Gasteiger partial charge in [-0.05, 0) is 6.07 Å². The van der Waals surface area contributed by atoms with Crippen molar-refractivity contribution in [2.24, 2.45) is 12.2 Å². The molecule has 9 nitrogen and oxygen atoms in total. The number of aromatic nitrogens is 4. The third-order valence-corrected chi connectivity index (χ3v) is 3.72. The van der Waals surface area contributed by atoms with Gasteiger partial charge >= 0.3 is 5.69 Å². The first-order chi connectivity index (χ1) is 9.29. The summed E-state index contributed by atoms with van der Waals surface area (Å²) >= 11 is 0. The third-order valence-electron chi connectivity index (χ3n) is 2.82. The lowest BCUT2D eigenvalue weighted by Gasteiger charge is -2.07. The topological polar surface area (TPSA) is 133 Å². The van der Waals surface area contributed by atoms with E-state index in [0.717, 1.165) is 16.5 Å². The molecule has 0 amide bonds. The molecule has 0 aliphatic carbocycles. The molecule has 2 aromatic rings. The number of nitrogens with zero attached hydrogens (tertiary/aromatic N) is 3. The standard InChI is InChI=1S/C10H13N5O4S/c1-14-7(2-4-12-14)3-5-15-6-8(20(11,18)19)9(16)13-10(15)17/h2,4,6H,3,5H2,1H3,(H2,11,18,19)(H,13,16,17). The van der Waals surface area contributed by atoms with Crippen molar-refractivity contribution in [1.82, 2.24) is 19.3 Å². The number of sulfonamides is 1. The van der Waals surface area contributed by atoms with Crippen LogP contribution in [0.1, 0.15) is 5.69 Å². The minimum Gasteiger partial charge on any atom is -0.299 e. The van der Waals surface area contributed by atoms with Crippen molar-refractivity contribution in [2.75, 3.05) is 0 Å². The average molecular weight is 299 g/mol. The van der Waals surface area contributed by atoms with Crippen molar-refractivity contribution >= 4 is 10.0 Å². The summed E-state index contributed by atoms with van der Waals surface area (Å²) in [5.74, 6) is 0. The monoisotopic (exact) mass is 299 g/mol. The largest absolute Gasteiger partial charge is 0.328 e. The molecule has 0 radical (unpaired) electrons. The molecule has 10 heteroatoms. The molecule has 0 aliphatic heterocycles. The van der Waals surface area contributed by atoms with E-state index < -0.39 is 26.2 Å². The minimum atomic E-state index is -4.17. The summed E-state index contributed by atoms with van der Waals surface area (Å²) in [5, 5.41) is 8.89. The van der Waals surface area contributed by atoms with Crippen molar-refractivity contribution < 1.29 is 8.42 Å². The fraction of sp³-hybridized carbons (Fsp3) is 0.300. The molecule has 0 bridgehead atoms. The van der Waals surface area contributed by atoms with Crippen LogP contribution in [0, 0.1) is 0 Å². The van der Waals surface area contributed by atoms with Gasteiger partial charge in [-0.25, -0.2) is 18.4 Å². The van der Waals surface area contributed by atoms with Gasteiger partial charge < -0.3 is 0 Å². The molecule has 0 fully saturated rings. The van der Waals surface area contributed by atoms with Gasteiger partial charge in [0.25, 0.3) is 5.56 Å². The van der Waals surface area contributed by atoms with Gasteiger partial charge in [0, 0.05) is 38.1 Å². The molecule has 0 saturated heterocycles. The van der Waals surface area contributed by atoms with Gasteiger partial charge in [0.15, 0.2) is 4.90 Å². The molecule has 108 valence electrons. The number of nitrogens with one attached hydrogen (secondary N) is 1. The van der Waals surface area contributed by atoms with Gasteiger partial charge in [-0.15, -0.1) is 0 Å². The number of rotatable bonds is 4. The lowest BCUT2D eigenvalue weighted by molar-refractivity contribution is 0.579. The molecule has 0 unspecified atom stereocenters. The summed E-state index contributed by atoms with van der Waals surface area (Å²) in [6.07, 6.45) is 3.01. The highest BCUT2D eigenvalue weighted by molar-refractivity contribution is 7.89. The van der Waals surface area contributed by atoms with Crippen LogP contribution in [-0.4, -0.2) is 27.7 Å². The molecule has 20 heavy (non-hydrogen) atoms. The summed E-state index contributed by atoms with van der Waals surface area (Å²) < 4.78 is 25.2. The Balaban J connectivity index is 2.36. The Morgan fingerprint density at radius 1 is 1.40 bits per heavy atom. The molecule has 2 heterocycles. The fourth-order valence-corrected chi connectivity index (χ4v) is 2.32. The maximum Gasteiger partial charge on any atom is 0.328 e. The van der Waals surface area contributed by atoms with Crippen LogP contribution in [0.4, 0.5) is 0 Å². The van der Waals surface area contributed by atoms with E-state index >= 15 is 0 Å². The lowest BCUT2D eigenvalue weighted by atomic mass is 10.3. The molecule has 3 N–H and O–H groups in total. The Morgan fingerprint density at radius 2 is 2.10 bits per heavy atom. The smallest absolute Gasteiger partial charge is 0.299 e. The van der Waals surface area contributed by atoms with E-state index in [1.165, 1.54) is 0 Å². The molecule has 0 aliphatic rings. The Bertz CT molecular complexity index is 845. The normalized spacial score (nSPS) is 11.7. The van der Waals surface area contributed by atoms with Gasteiger partial charge in [-0.1, -0.05) is 0 Å². The number of primary sulfonamides is 1. The second-order valence-corrected chi connectivity index (χ2v) is 5.72. The van der Waals surface area contributed by atoms with E-state index in [9.17, 15) is 18.0 Å². The van der Waals surface area contributed by atoms with Crippen LogP contribution >= 0.6 is 0 Å². The number of hydrogen-bond acceptors (Lipinski definition) is 5. The fourth-order valence-electron chi connectivity index (χ4n) is 1.74. The second-order valence-electron chi connectivity index (χ2n) is 4.19. The van der Waals surface area contributed by atoms with Gasteiger partial charge in [-0.2, -0.15) is 5.10 Å². The molecule has 0 atom stereocenters. The van der Waals surface area contributed by atoms with Crippen LogP contribution in [-0.2, 0) is 30.0 Å². The first-order valence-electron chi connectivity index (χ1n) is 5.62. The van der Waals surface area contributed by atoms with Crippen LogP contribution in [0.5, 0.6) is 0 Å². The van der Waals surface area contributed by atoms with E-state index in [2.05, 4.69) is 5.10 Å². The highest BCUT2D eigenvalue weighted by Crippen LogP contribution is 2.01. The highest BCUT2D eigenvalue weighted by atomic mass is 32.2. The predicted octanol–water partition coefficient (Wildman–Crippen LogP) is -1.84. The van der Waals surface area contributed by atoms with Gasteiger partial charge in [-0.3, -0.25) is 19.0 Å². The maximum atomic E-state index is 11.6. The van der Waals surface area contributed by atoms with E-state index in [1.54, 1.807) is 24.0 Å². The van der Waals surface area contributed by atoms with E-state index in [-0.39, 0.29) is 6.54 Å². The van der Waals surface area contributed by atoms with E-state index in [4.69, 9.17) is 5.14 Å². The molecule has 0 spiro atoms. The van der Waals surface area contributed by atoms with Crippen molar-refractivity contribution in [3.8, 4) is 0 Å². The Hall–Kier alpha value is -2.20. The molecule has 2 rings (SSSR count). The Morgan fingerprint density at radius 3 is 2.65 bits per heavy atom. The third kappa shape index (κ3) is 2.86. The van der Waals surface area contributed by atoms with Crippen LogP contribution in [0.25, 0.3) is 0 Å². The van der Waals surface area contributed by atoms with Crippen molar-refractivity contribution in [2.45, 2.75) is 17.9 Å². The lowest BCUT2D eigenvalue weighted by Crippen LogP contribution is -2.35. The van der Waals surface area contributed by atoms with Gasteiger partial charge in [0.1, 0.15) is 0 Å². The predicted molar refractivity (Wildman–Crippen MR) is 69.6 cm³/mol. The summed E-state index contributed by atoms with van der Waals surface area (Å²) in [5.41, 5.74) is -0.848. The number of aryl methyl sites for hydroxylation is 3. The molecular weight excluding hydrogens is 286 g/mol. The number of nitrogens with two attached hydrogens (primary N) is 1. The van der Waals surface area contributed by atoms with Crippen molar-refractivity contribution in [1.29, 1.82) is 0 Å². The van der Waals surface area contributed by atoms with Crippen LogP contribution < -0.4 is 16.4 Å². The van der Waals surface area contributed by atoms with E-state index in [0.29, 0.717) is 6.42 Å². The maximum absolute atomic E-state index is 11.6. The average Bonchev–Trinajstić information content (AvgIpc) is 2.72. The van der Waals surface area contributed by atoms with Crippen LogP contribution in [0.2, 0.25) is 0 Å². The zero-order valence-corrected chi connectivity index (χ0v) is 11.4. The van der Waals surface area contributed by atoms with Crippen molar-refractivity contribution in [3.05, 3.63) is 45.0 Å². The summed E-state index contributed by atoms with van der Waals surface area (Å²) in [6.45, 7) is 0.192. The molecule has 2 aromatic heterocycles. The van der Waals surface area contributed by atoms with Crippen LogP contribution in [0.3, 0.4) is 0 Å². The number of hydrogen-bond donors (Lipinski definition) is 2. The first kappa shape index (κ1) is 14.2. The first-order valence-corrected chi connectivity index (χ1v) is 7.17. The summed E-state index contributed by atoms with van der Waals surface area (Å²) in [6, 6.07) is 1.78. The van der Waals surface area contributed by atoms with E-state index in [1.807, 2.05) is 4.98 Å². The van der Waals surface area contributed by atoms with Crippen molar-refractivity contribution in [3.63, 3.8) is 0 Å². The minimum absolute atomic E-state index is 0.192. The molecular formula is C10H13N5O4S. The SMILES string of the molecule is Cn1nccc1CCn1cc(S(N)(=O)=O)c(=O)[nH]c1=O. The molecule has 0 saturated carbocycles. The second kappa shape index (κ2) is 5.06. The zero-order chi connectivity index (χ0) is 14.9. The highest BCUT2D eigenvalue weighted by Gasteiger charge is 2.15. The van der Waals surface area contributed by atoms with Gasteiger partial charge in [0.2, 0.25) is 10.0 Å². The van der Waals surface area contributed by atoms with Gasteiger partial charge in [0.05, 0.1) is 0 Å². The summed E-state index contributed by atoms with van der Waals surface area (Å²) in [4.78, 5) is 24.3. The number of H-pyrrole nitrogens is 1. The summed E-state index contributed by atoms with van der Waals surface area (Å²) in [7, 11) is -2.42. The van der Waals surface area contributed by atoms with Crippen LogP contribution in [0.15, 0.2) is 32.9 Å². The molecule has 0 aromatic carbocycles. The number of aromatic amines is 1. The Kier molecular flexibility index (Phi) is 3.59. The Labute approximate surface area is 113 Å². The zero-order valence-electron chi connectivity index (χ0n) is 10.6.